The van der Waals surface area contributed by atoms with E-state index in [0.29, 0.717) is 12.0 Å². The van der Waals surface area contributed by atoms with Crippen LogP contribution in [0.4, 0.5) is 0 Å². The summed E-state index contributed by atoms with van der Waals surface area (Å²) in [6, 6.07) is 8.88. The maximum Gasteiger partial charge on any atom is 0.307 e. The van der Waals surface area contributed by atoms with Crippen LogP contribution in [0.2, 0.25) is 0 Å². The first-order chi connectivity index (χ1) is 7.15. The Bertz CT molecular complexity index is 402. The fraction of sp³-hybridized carbons (Fsp3) is 0.273. The van der Waals surface area contributed by atoms with Crippen LogP contribution in [0.15, 0.2) is 30.3 Å². The molecule has 1 amide bonds. The van der Waals surface area contributed by atoms with Crippen LogP contribution in [-0.4, -0.2) is 11.9 Å². The summed E-state index contributed by atoms with van der Waals surface area (Å²) in [5.74, 6) is -0.989. The van der Waals surface area contributed by atoms with Crippen LogP contribution >= 0.6 is 0 Å². The van der Waals surface area contributed by atoms with Gasteiger partial charge in [0.1, 0.15) is 0 Å². The lowest BCUT2D eigenvalue weighted by molar-refractivity contribution is -0.158. The van der Waals surface area contributed by atoms with Crippen LogP contribution in [-0.2, 0) is 19.9 Å². The van der Waals surface area contributed by atoms with E-state index in [0.717, 1.165) is 0 Å². The molecule has 1 aromatic carbocycles. The molecular weight excluding hydrogens is 194 g/mol. The molecule has 4 nitrogen and oxygen atoms in total. The van der Waals surface area contributed by atoms with E-state index in [1.165, 1.54) is 0 Å². The lowest BCUT2D eigenvalue weighted by Gasteiger charge is -2.24. The molecule has 0 aliphatic carbocycles. The SMILES string of the molecule is NC(=O)C1(c2ccccc2)CCC(=O)O1. The summed E-state index contributed by atoms with van der Waals surface area (Å²) < 4.78 is 5.08. The average molecular weight is 205 g/mol. The molecule has 1 aromatic rings. The van der Waals surface area contributed by atoms with Crippen molar-refractivity contribution >= 4 is 11.9 Å². The number of benzene rings is 1. The summed E-state index contributed by atoms with van der Waals surface area (Å²) in [7, 11) is 0. The Morgan fingerprint density at radius 3 is 2.47 bits per heavy atom. The standard InChI is InChI=1S/C11H11NO3/c12-10(14)11(7-6-9(13)15-11)8-4-2-1-3-5-8/h1-5H,6-7H2,(H2,12,14). The molecule has 0 saturated carbocycles. The molecule has 1 unspecified atom stereocenters. The van der Waals surface area contributed by atoms with Crippen molar-refractivity contribution in [2.24, 2.45) is 5.73 Å². The molecular formula is C11H11NO3. The van der Waals surface area contributed by atoms with Crippen molar-refractivity contribution in [2.75, 3.05) is 0 Å². The van der Waals surface area contributed by atoms with Crippen LogP contribution < -0.4 is 5.73 Å². The molecule has 15 heavy (non-hydrogen) atoms. The predicted molar refractivity (Wildman–Crippen MR) is 52.6 cm³/mol. The number of cyclic esters (lactones) is 1. The molecule has 1 aliphatic rings. The molecule has 2 rings (SSSR count). The fourth-order valence-corrected chi connectivity index (χ4v) is 1.80. The lowest BCUT2D eigenvalue weighted by Crippen LogP contribution is -2.40. The van der Waals surface area contributed by atoms with Gasteiger partial charge in [0.15, 0.2) is 0 Å². The number of hydrogen-bond donors (Lipinski definition) is 1. The van der Waals surface area contributed by atoms with E-state index in [9.17, 15) is 9.59 Å². The lowest BCUT2D eigenvalue weighted by atomic mass is 9.90. The van der Waals surface area contributed by atoms with Crippen molar-refractivity contribution in [1.29, 1.82) is 0 Å². The third kappa shape index (κ3) is 1.48. The minimum absolute atomic E-state index is 0.234. The van der Waals surface area contributed by atoms with Gasteiger partial charge in [0, 0.05) is 12.0 Å². The number of hydrogen-bond acceptors (Lipinski definition) is 3. The zero-order valence-corrected chi connectivity index (χ0v) is 8.10. The van der Waals surface area contributed by atoms with E-state index in [-0.39, 0.29) is 12.4 Å². The number of esters is 1. The molecule has 78 valence electrons. The number of carbonyl (C=O) groups excluding carboxylic acids is 2. The van der Waals surface area contributed by atoms with Gasteiger partial charge in [-0.1, -0.05) is 30.3 Å². The summed E-state index contributed by atoms with van der Waals surface area (Å²) in [6.45, 7) is 0. The number of rotatable bonds is 2. The van der Waals surface area contributed by atoms with Gasteiger partial charge in [-0.25, -0.2) is 0 Å². The van der Waals surface area contributed by atoms with Crippen LogP contribution in [0.3, 0.4) is 0 Å². The number of amides is 1. The minimum atomic E-state index is -1.25. The van der Waals surface area contributed by atoms with Crippen LogP contribution in [0, 0.1) is 0 Å². The Kier molecular flexibility index (Phi) is 2.19. The number of primary amides is 1. The number of nitrogens with two attached hydrogens (primary N) is 1. The Morgan fingerprint density at radius 2 is 2.00 bits per heavy atom. The minimum Gasteiger partial charge on any atom is -0.444 e. The van der Waals surface area contributed by atoms with Gasteiger partial charge < -0.3 is 10.5 Å². The summed E-state index contributed by atoms with van der Waals surface area (Å²) >= 11 is 0. The zero-order valence-electron chi connectivity index (χ0n) is 8.10. The normalized spacial score (nSPS) is 24.9. The molecule has 4 heteroatoms. The number of carbonyl (C=O) groups is 2. The van der Waals surface area contributed by atoms with Gasteiger partial charge in [-0.05, 0) is 0 Å². The largest absolute Gasteiger partial charge is 0.444 e. The van der Waals surface area contributed by atoms with Gasteiger partial charge in [-0.3, -0.25) is 9.59 Å². The van der Waals surface area contributed by atoms with Crippen molar-refractivity contribution in [3.05, 3.63) is 35.9 Å². The molecule has 0 bridgehead atoms. The molecule has 2 N–H and O–H groups in total. The molecule has 1 aliphatic heterocycles. The van der Waals surface area contributed by atoms with Crippen molar-refractivity contribution in [3.8, 4) is 0 Å². The van der Waals surface area contributed by atoms with Gasteiger partial charge in [0.05, 0.1) is 6.42 Å². The van der Waals surface area contributed by atoms with E-state index in [1.54, 1.807) is 24.3 Å². The van der Waals surface area contributed by atoms with Crippen molar-refractivity contribution in [3.63, 3.8) is 0 Å². The average Bonchev–Trinajstić information content (AvgIpc) is 2.63. The van der Waals surface area contributed by atoms with E-state index in [1.807, 2.05) is 6.07 Å². The van der Waals surface area contributed by atoms with Gasteiger partial charge >= 0.3 is 5.97 Å². The maximum absolute atomic E-state index is 11.4. The molecule has 0 radical (unpaired) electrons. The second kappa shape index (κ2) is 3.38. The van der Waals surface area contributed by atoms with Crippen molar-refractivity contribution in [2.45, 2.75) is 18.4 Å². The van der Waals surface area contributed by atoms with Crippen LogP contribution in [0.25, 0.3) is 0 Å². The molecule has 0 spiro atoms. The highest BCUT2D eigenvalue weighted by Gasteiger charge is 2.47. The smallest absolute Gasteiger partial charge is 0.307 e. The van der Waals surface area contributed by atoms with Gasteiger partial charge in [0.2, 0.25) is 5.60 Å². The highest BCUT2D eigenvalue weighted by Crippen LogP contribution is 2.36. The van der Waals surface area contributed by atoms with E-state index in [2.05, 4.69) is 0 Å². The highest BCUT2D eigenvalue weighted by atomic mass is 16.6. The summed E-state index contributed by atoms with van der Waals surface area (Å²) in [4.78, 5) is 22.5. The zero-order chi connectivity index (χ0) is 10.9. The van der Waals surface area contributed by atoms with Crippen molar-refractivity contribution < 1.29 is 14.3 Å². The van der Waals surface area contributed by atoms with Gasteiger partial charge in [-0.15, -0.1) is 0 Å². The molecule has 1 fully saturated rings. The topological polar surface area (TPSA) is 69.4 Å². The first-order valence-electron chi connectivity index (χ1n) is 4.72. The van der Waals surface area contributed by atoms with E-state index in [4.69, 9.17) is 10.5 Å². The maximum atomic E-state index is 11.4. The van der Waals surface area contributed by atoms with Crippen molar-refractivity contribution in [1.82, 2.24) is 0 Å². The van der Waals surface area contributed by atoms with E-state index >= 15 is 0 Å². The monoisotopic (exact) mass is 205 g/mol. The summed E-state index contributed by atoms with van der Waals surface area (Å²) in [5, 5.41) is 0. The molecule has 0 aromatic heterocycles. The molecule has 1 saturated heterocycles. The first kappa shape index (κ1) is 9.71. The Morgan fingerprint density at radius 1 is 1.33 bits per heavy atom. The predicted octanol–water partition coefficient (Wildman–Crippen LogP) is 0.704. The summed E-state index contributed by atoms with van der Waals surface area (Å²) in [6.07, 6.45) is 0.559. The number of ether oxygens (including phenoxy) is 1. The second-order valence-electron chi connectivity index (χ2n) is 3.53. The third-order valence-corrected chi connectivity index (χ3v) is 2.61. The van der Waals surface area contributed by atoms with Gasteiger partial charge in [0.25, 0.3) is 5.91 Å². The first-order valence-corrected chi connectivity index (χ1v) is 4.72. The fourth-order valence-electron chi connectivity index (χ4n) is 1.80. The second-order valence-corrected chi connectivity index (χ2v) is 3.53. The van der Waals surface area contributed by atoms with Gasteiger partial charge in [-0.2, -0.15) is 0 Å². The summed E-state index contributed by atoms with van der Waals surface area (Å²) in [5.41, 5.74) is 4.70. The Labute approximate surface area is 87.0 Å². The highest BCUT2D eigenvalue weighted by molar-refractivity contribution is 5.90. The van der Waals surface area contributed by atoms with Crippen LogP contribution in [0.5, 0.6) is 0 Å². The Hall–Kier alpha value is -1.84. The molecule has 1 heterocycles. The molecule has 1 atom stereocenters. The Balaban J connectivity index is 2.45. The third-order valence-electron chi connectivity index (χ3n) is 2.61. The van der Waals surface area contributed by atoms with E-state index < -0.39 is 11.5 Å². The quantitative estimate of drug-likeness (QED) is 0.722. The van der Waals surface area contributed by atoms with Crippen LogP contribution in [0.1, 0.15) is 18.4 Å².